The molecule has 1 amide bonds. The van der Waals surface area contributed by atoms with Crippen LogP contribution in [0.4, 0.5) is 13.2 Å². The van der Waals surface area contributed by atoms with Gasteiger partial charge >= 0.3 is 6.18 Å². The number of aromatic nitrogens is 1. The van der Waals surface area contributed by atoms with Crippen molar-refractivity contribution in [3.8, 4) is 0 Å². The average molecular weight is 300 g/mol. The van der Waals surface area contributed by atoms with Crippen LogP contribution < -0.4 is 0 Å². The first-order valence-corrected chi connectivity index (χ1v) is 7.12. The number of nitrogens with zero attached hydrogens (tertiary/aromatic N) is 2. The van der Waals surface area contributed by atoms with Crippen molar-refractivity contribution >= 4 is 5.91 Å². The van der Waals surface area contributed by atoms with E-state index in [1.54, 1.807) is 11.1 Å². The van der Waals surface area contributed by atoms with Crippen LogP contribution >= 0.6 is 0 Å². The molecule has 0 radical (unpaired) electrons. The molecule has 6 heteroatoms. The van der Waals surface area contributed by atoms with Gasteiger partial charge in [0.05, 0.1) is 6.42 Å². The van der Waals surface area contributed by atoms with Gasteiger partial charge in [0.1, 0.15) is 0 Å². The molecule has 0 atom stereocenters. The summed E-state index contributed by atoms with van der Waals surface area (Å²) in [7, 11) is 0. The van der Waals surface area contributed by atoms with Gasteiger partial charge in [0.25, 0.3) is 0 Å². The number of aryl methyl sites for hydroxylation is 1. The fraction of sp³-hybridized carbons (Fsp3) is 0.600. The number of alkyl halides is 3. The Morgan fingerprint density at radius 3 is 2.62 bits per heavy atom. The molecule has 21 heavy (non-hydrogen) atoms. The van der Waals surface area contributed by atoms with Gasteiger partial charge in [0, 0.05) is 31.4 Å². The molecule has 0 saturated carbocycles. The Morgan fingerprint density at radius 2 is 2.05 bits per heavy atom. The standard InChI is InChI=1S/C15H19F3N2O/c1-11-10-13(3-7-19-11)12-4-8-20(9-5-12)14(21)2-6-15(16,17)18/h3,7,10,12H,2,4-6,8-9H2,1H3. The van der Waals surface area contributed by atoms with Crippen molar-refractivity contribution in [1.29, 1.82) is 0 Å². The first kappa shape index (κ1) is 15.8. The number of likely N-dealkylation sites (tertiary alicyclic amines) is 1. The summed E-state index contributed by atoms with van der Waals surface area (Å²) >= 11 is 0. The van der Waals surface area contributed by atoms with Crippen molar-refractivity contribution in [3.05, 3.63) is 29.6 Å². The smallest absolute Gasteiger partial charge is 0.343 e. The molecule has 2 heterocycles. The van der Waals surface area contributed by atoms with E-state index < -0.39 is 24.9 Å². The van der Waals surface area contributed by atoms with Gasteiger partial charge in [-0.2, -0.15) is 13.2 Å². The van der Waals surface area contributed by atoms with Crippen LogP contribution in [-0.2, 0) is 4.79 Å². The minimum absolute atomic E-state index is 0.360. The fourth-order valence-electron chi connectivity index (χ4n) is 2.69. The molecule has 1 fully saturated rings. The van der Waals surface area contributed by atoms with Gasteiger partial charge in [0.2, 0.25) is 5.91 Å². The second kappa shape index (κ2) is 6.45. The zero-order valence-corrected chi connectivity index (χ0v) is 12.0. The van der Waals surface area contributed by atoms with Crippen LogP contribution in [0.3, 0.4) is 0 Å². The lowest BCUT2D eigenvalue weighted by Crippen LogP contribution is -2.38. The summed E-state index contributed by atoms with van der Waals surface area (Å²) in [5.41, 5.74) is 2.15. The Kier molecular flexibility index (Phi) is 4.85. The minimum Gasteiger partial charge on any atom is -0.343 e. The molecule has 116 valence electrons. The van der Waals surface area contributed by atoms with Crippen LogP contribution in [-0.4, -0.2) is 35.1 Å². The summed E-state index contributed by atoms with van der Waals surface area (Å²) in [5.74, 6) is -0.0324. The van der Waals surface area contributed by atoms with Crippen molar-refractivity contribution in [3.63, 3.8) is 0 Å². The van der Waals surface area contributed by atoms with Gasteiger partial charge in [-0.05, 0) is 43.4 Å². The quantitative estimate of drug-likeness (QED) is 0.856. The third kappa shape index (κ3) is 4.72. The molecule has 2 rings (SSSR count). The number of piperidine rings is 1. The molecule has 0 aliphatic carbocycles. The van der Waals surface area contributed by atoms with Gasteiger partial charge in [-0.1, -0.05) is 0 Å². The number of halogens is 3. The fourth-order valence-corrected chi connectivity index (χ4v) is 2.69. The molecular weight excluding hydrogens is 281 g/mol. The SMILES string of the molecule is Cc1cc(C2CCN(C(=O)CCC(F)(F)F)CC2)ccn1. The molecule has 1 aliphatic heterocycles. The Bertz CT molecular complexity index is 494. The number of rotatable bonds is 3. The van der Waals surface area contributed by atoms with Crippen LogP contribution in [0.25, 0.3) is 0 Å². The number of carbonyl (C=O) groups is 1. The predicted octanol–water partition coefficient (Wildman–Crippen LogP) is 3.44. The zero-order valence-electron chi connectivity index (χ0n) is 12.0. The second-order valence-electron chi connectivity index (χ2n) is 5.50. The molecule has 0 spiro atoms. The van der Waals surface area contributed by atoms with E-state index in [2.05, 4.69) is 4.98 Å². The highest BCUT2D eigenvalue weighted by atomic mass is 19.4. The molecule has 0 unspecified atom stereocenters. The predicted molar refractivity (Wildman–Crippen MR) is 72.8 cm³/mol. The number of hydrogen-bond acceptors (Lipinski definition) is 2. The number of carbonyl (C=O) groups excluding carboxylic acids is 1. The zero-order chi connectivity index (χ0) is 15.5. The lowest BCUT2D eigenvalue weighted by Gasteiger charge is -2.32. The van der Waals surface area contributed by atoms with Gasteiger partial charge in [-0.15, -0.1) is 0 Å². The van der Waals surface area contributed by atoms with Gasteiger partial charge < -0.3 is 4.90 Å². The van der Waals surface area contributed by atoms with Crippen molar-refractivity contribution in [2.45, 2.75) is 44.7 Å². The van der Waals surface area contributed by atoms with Crippen LogP contribution in [0.5, 0.6) is 0 Å². The normalized spacial score (nSPS) is 17.0. The molecule has 3 nitrogen and oxygen atoms in total. The summed E-state index contributed by atoms with van der Waals surface area (Å²) in [5, 5.41) is 0. The maximum atomic E-state index is 12.1. The highest BCUT2D eigenvalue weighted by Gasteiger charge is 2.30. The topological polar surface area (TPSA) is 33.2 Å². The highest BCUT2D eigenvalue weighted by Crippen LogP contribution is 2.29. The summed E-state index contributed by atoms with van der Waals surface area (Å²) in [6.07, 6.45) is -2.38. The summed E-state index contributed by atoms with van der Waals surface area (Å²) in [6.45, 7) is 2.99. The molecule has 1 aromatic rings. The van der Waals surface area contributed by atoms with Crippen molar-refractivity contribution in [1.82, 2.24) is 9.88 Å². The van der Waals surface area contributed by atoms with E-state index in [1.165, 1.54) is 5.56 Å². The third-order valence-corrected chi connectivity index (χ3v) is 3.86. The highest BCUT2D eigenvalue weighted by molar-refractivity contribution is 5.76. The third-order valence-electron chi connectivity index (χ3n) is 3.86. The van der Waals surface area contributed by atoms with Crippen molar-refractivity contribution < 1.29 is 18.0 Å². The van der Waals surface area contributed by atoms with Crippen LogP contribution in [0.1, 0.15) is 42.9 Å². The summed E-state index contributed by atoms with van der Waals surface area (Å²) < 4.78 is 36.4. The van der Waals surface area contributed by atoms with Crippen LogP contribution in [0, 0.1) is 6.92 Å². The molecule has 1 aromatic heterocycles. The molecule has 1 aliphatic rings. The number of amides is 1. The molecule has 1 saturated heterocycles. The lowest BCUT2D eigenvalue weighted by molar-refractivity contribution is -0.149. The minimum atomic E-state index is -4.26. The van der Waals surface area contributed by atoms with E-state index in [9.17, 15) is 18.0 Å². The van der Waals surface area contributed by atoms with Gasteiger partial charge in [-0.3, -0.25) is 9.78 Å². The van der Waals surface area contributed by atoms with E-state index in [1.807, 2.05) is 19.1 Å². The average Bonchev–Trinajstić information content (AvgIpc) is 2.44. The Hall–Kier alpha value is -1.59. The van der Waals surface area contributed by atoms with E-state index >= 15 is 0 Å². The maximum Gasteiger partial charge on any atom is 0.389 e. The van der Waals surface area contributed by atoms with Crippen LogP contribution in [0.15, 0.2) is 18.3 Å². The lowest BCUT2D eigenvalue weighted by atomic mass is 9.89. The maximum absolute atomic E-state index is 12.1. The van der Waals surface area contributed by atoms with E-state index in [4.69, 9.17) is 0 Å². The second-order valence-corrected chi connectivity index (χ2v) is 5.50. The summed E-state index contributed by atoms with van der Waals surface area (Å²) in [4.78, 5) is 17.5. The molecular formula is C15H19F3N2O. The monoisotopic (exact) mass is 300 g/mol. The molecule has 0 N–H and O–H groups in total. The Morgan fingerprint density at radius 1 is 1.38 bits per heavy atom. The van der Waals surface area contributed by atoms with Gasteiger partial charge in [-0.25, -0.2) is 0 Å². The number of hydrogen-bond donors (Lipinski definition) is 0. The van der Waals surface area contributed by atoms with Gasteiger partial charge in [0.15, 0.2) is 0 Å². The molecule has 0 bridgehead atoms. The van der Waals surface area contributed by atoms with Crippen molar-refractivity contribution in [2.75, 3.05) is 13.1 Å². The van der Waals surface area contributed by atoms with E-state index in [0.29, 0.717) is 19.0 Å². The largest absolute Gasteiger partial charge is 0.389 e. The number of pyridine rings is 1. The molecule has 0 aromatic carbocycles. The van der Waals surface area contributed by atoms with Crippen LogP contribution in [0.2, 0.25) is 0 Å². The van der Waals surface area contributed by atoms with E-state index in [0.717, 1.165) is 18.5 Å². The Balaban J connectivity index is 1.84. The van der Waals surface area contributed by atoms with E-state index in [-0.39, 0.29) is 0 Å². The first-order chi connectivity index (χ1) is 9.85. The summed E-state index contributed by atoms with van der Waals surface area (Å²) in [6, 6.07) is 4.00. The Labute approximate surface area is 122 Å². The van der Waals surface area contributed by atoms with Crippen molar-refractivity contribution in [2.24, 2.45) is 0 Å². The first-order valence-electron chi connectivity index (χ1n) is 7.12.